The van der Waals surface area contributed by atoms with Crippen LogP contribution in [-0.4, -0.2) is 17.0 Å². The number of benzene rings is 1. The molecule has 0 unspecified atom stereocenters. The highest BCUT2D eigenvalue weighted by Gasteiger charge is 2.27. The first-order valence-corrected chi connectivity index (χ1v) is 7.11. The maximum Gasteiger partial charge on any atom is 0.337 e. The molecule has 96 valence electrons. The molecule has 2 N–H and O–H groups in total. The summed E-state index contributed by atoms with van der Waals surface area (Å²) in [6.45, 7) is 0. The maximum atomic E-state index is 11.9. The summed E-state index contributed by atoms with van der Waals surface area (Å²) in [7, 11) is 0. The Kier molecular flexibility index (Phi) is 4.07. The van der Waals surface area contributed by atoms with Gasteiger partial charge in [-0.1, -0.05) is 22.4 Å². The average molecular weight is 377 g/mol. The van der Waals surface area contributed by atoms with Crippen molar-refractivity contribution in [1.82, 2.24) is 0 Å². The van der Waals surface area contributed by atoms with Crippen LogP contribution in [0.2, 0.25) is 0 Å². The highest BCUT2D eigenvalue weighted by Crippen LogP contribution is 2.33. The zero-order valence-corrected chi connectivity index (χ0v) is 12.5. The van der Waals surface area contributed by atoms with Crippen LogP contribution >= 0.6 is 31.9 Å². The molecule has 1 saturated carbocycles. The molecule has 0 aliphatic heterocycles. The summed E-state index contributed by atoms with van der Waals surface area (Å²) in [5.41, 5.74) is 0.395. The van der Waals surface area contributed by atoms with Gasteiger partial charge in [-0.3, -0.25) is 4.79 Å². The Labute approximate surface area is 121 Å². The average Bonchev–Trinajstić information content (AvgIpc) is 2.18. The quantitative estimate of drug-likeness (QED) is 0.846. The number of anilines is 1. The lowest BCUT2D eigenvalue weighted by Crippen LogP contribution is -2.28. The fourth-order valence-electron chi connectivity index (χ4n) is 1.77. The lowest BCUT2D eigenvalue weighted by Gasteiger charge is -2.24. The Morgan fingerprint density at radius 2 is 1.94 bits per heavy atom. The van der Waals surface area contributed by atoms with Gasteiger partial charge in [0.2, 0.25) is 5.91 Å². The first-order chi connectivity index (χ1) is 8.49. The molecule has 1 fully saturated rings. The van der Waals surface area contributed by atoms with Crippen LogP contribution in [0.25, 0.3) is 0 Å². The molecule has 18 heavy (non-hydrogen) atoms. The summed E-state index contributed by atoms with van der Waals surface area (Å²) in [5, 5.41) is 11.8. The Bertz CT molecular complexity index is 512. The van der Waals surface area contributed by atoms with Crippen molar-refractivity contribution in [2.24, 2.45) is 5.92 Å². The van der Waals surface area contributed by atoms with Crippen molar-refractivity contribution in [2.75, 3.05) is 5.32 Å². The normalized spacial score (nSPS) is 15.0. The highest BCUT2D eigenvalue weighted by atomic mass is 79.9. The first-order valence-electron chi connectivity index (χ1n) is 5.52. The van der Waals surface area contributed by atoms with E-state index < -0.39 is 5.97 Å². The molecule has 1 aromatic rings. The van der Waals surface area contributed by atoms with E-state index in [9.17, 15) is 9.59 Å². The minimum atomic E-state index is -1.07. The molecular formula is C12H11Br2NO3. The number of nitrogens with one attached hydrogen (secondary N) is 1. The van der Waals surface area contributed by atoms with Crippen molar-refractivity contribution in [1.29, 1.82) is 0 Å². The number of carboxylic acid groups (broad SMARTS) is 1. The molecule has 0 atom stereocenters. The number of rotatable bonds is 3. The van der Waals surface area contributed by atoms with E-state index in [2.05, 4.69) is 37.2 Å². The number of aromatic carboxylic acids is 1. The summed E-state index contributed by atoms with van der Waals surface area (Å²) in [4.78, 5) is 23.0. The van der Waals surface area contributed by atoms with E-state index in [1.807, 2.05) is 0 Å². The fraction of sp³-hybridized carbons (Fsp3) is 0.333. The largest absolute Gasteiger partial charge is 0.478 e. The van der Waals surface area contributed by atoms with Crippen LogP contribution in [0.3, 0.4) is 0 Å². The van der Waals surface area contributed by atoms with Crippen LogP contribution in [0.15, 0.2) is 21.1 Å². The topological polar surface area (TPSA) is 66.4 Å². The van der Waals surface area contributed by atoms with E-state index in [4.69, 9.17) is 5.11 Å². The van der Waals surface area contributed by atoms with Crippen molar-refractivity contribution >= 4 is 49.4 Å². The molecule has 0 saturated heterocycles. The molecule has 4 nitrogen and oxygen atoms in total. The van der Waals surface area contributed by atoms with Gasteiger partial charge in [-0.25, -0.2) is 4.79 Å². The number of amides is 1. The Morgan fingerprint density at radius 1 is 1.28 bits per heavy atom. The number of halogens is 2. The van der Waals surface area contributed by atoms with Crippen molar-refractivity contribution in [2.45, 2.75) is 19.3 Å². The number of hydrogen-bond acceptors (Lipinski definition) is 2. The predicted molar refractivity (Wildman–Crippen MR) is 74.8 cm³/mol. The van der Waals surface area contributed by atoms with Crippen molar-refractivity contribution < 1.29 is 14.7 Å². The zero-order valence-electron chi connectivity index (χ0n) is 9.37. The van der Waals surface area contributed by atoms with Crippen LogP contribution in [0.5, 0.6) is 0 Å². The van der Waals surface area contributed by atoms with Crippen LogP contribution in [0.4, 0.5) is 5.69 Å². The molecule has 1 amide bonds. The monoisotopic (exact) mass is 375 g/mol. The van der Waals surface area contributed by atoms with E-state index >= 15 is 0 Å². The van der Waals surface area contributed by atoms with Crippen LogP contribution < -0.4 is 5.32 Å². The SMILES string of the molecule is O=C(O)c1cc(Br)cc(Br)c1NC(=O)C1CCC1. The number of carbonyl (C=O) groups excluding carboxylic acids is 1. The predicted octanol–water partition coefficient (Wildman–Crippen LogP) is 3.65. The third kappa shape index (κ3) is 2.75. The molecule has 1 aliphatic carbocycles. The van der Waals surface area contributed by atoms with Gasteiger partial charge < -0.3 is 10.4 Å². The highest BCUT2D eigenvalue weighted by molar-refractivity contribution is 9.11. The van der Waals surface area contributed by atoms with Crippen molar-refractivity contribution in [3.05, 3.63) is 26.6 Å². The fourth-order valence-corrected chi connectivity index (χ4v) is 3.09. The lowest BCUT2D eigenvalue weighted by atomic mass is 9.85. The second-order valence-corrected chi connectivity index (χ2v) is 6.00. The van der Waals surface area contributed by atoms with Crippen LogP contribution in [0.1, 0.15) is 29.6 Å². The third-order valence-electron chi connectivity index (χ3n) is 3.01. The van der Waals surface area contributed by atoms with Gasteiger partial charge in [0, 0.05) is 14.9 Å². The maximum absolute atomic E-state index is 11.9. The third-order valence-corrected chi connectivity index (χ3v) is 4.09. The summed E-state index contributed by atoms with van der Waals surface area (Å²) in [5.74, 6) is -1.16. The lowest BCUT2D eigenvalue weighted by molar-refractivity contribution is -0.122. The van der Waals surface area contributed by atoms with Crippen molar-refractivity contribution in [3.8, 4) is 0 Å². The summed E-state index contributed by atoms with van der Waals surface area (Å²) < 4.78 is 1.20. The first kappa shape index (κ1) is 13.5. The van der Waals surface area contributed by atoms with Gasteiger partial charge in [-0.2, -0.15) is 0 Å². The molecule has 1 aromatic carbocycles. The molecule has 0 spiro atoms. The second-order valence-electron chi connectivity index (χ2n) is 4.23. The van der Waals surface area contributed by atoms with E-state index in [0.717, 1.165) is 19.3 Å². The molecule has 0 radical (unpaired) electrons. The summed E-state index contributed by atoms with van der Waals surface area (Å²) >= 11 is 6.51. The Hall–Kier alpha value is -0.880. The van der Waals surface area contributed by atoms with Crippen LogP contribution in [-0.2, 0) is 4.79 Å². The summed E-state index contributed by atoms with van der Waals surface area (Å²) in [6.07, 6.45) is 2.82. The molecule has 0 aromatic heterocycles. The van der Waals surface area contributed by atoms with Gasteiger partial charge in [-0.05, 0) is 40.9 Å². The van der Waals surface area contributed by atoms with E-state index in [-0.39, 0.29) is 17.4 Å². The minimum absolute atomic E-state index is 0.0159. The molecule has 2 rings (SSSR count). The van der Waals surface area contributed by atoms with E-state index in [1.54, 1.807) is 6.07 Å². The van der Waals surface area contributed by atoms with Gasteiger partial charge in [0.15, 0.2) is 0 Å². The molecule has 6 heteroatoms. The Morgan fingerprint density at radius 3 is 2.44 bits per heavy atom. The second kappa shape index (κ2) is 5.40. The smallest absolute Gasteiger partial charge is 0.337 e. The van der Waals surface area contributed by atoms with E-state index in [1.165, 1.54) is 6.07 Å². The van der Waals surface area contributed by atoms with Gasteiger partial charge in [0.25, 0.3) is 0 Å². The molecule has 0 heterocycles. The standard InChI is InChI=1S/C12H11Br2NO3/c13-7-4-8(12(17)18)10(9(14)5-7)15-11(16)6-2-1-3-6/h4-6H,1-3H2,(H,15,16)(H,17,18). The minimum Gasteiger partial charge on any atom is -0.478 e. The zero-order chi connectivity index (χ0) is 13.3. The van der Waals surface area contributed by atoms with Gasteiger partial charge in [0.1, 0.15) is 0 Å². The Balaban J connectivity index is 2.30. The number of hydrogen-bond donors (Lipinski definition) is 2. The van der Waals surface area contributed by atoms with Gasteiger partial charge in [0.05, 0.1) is 11.3 Å². The van der Waals surface area contributed by atoms with Crippen LogP contribution in [0, 0.1) is 5.92 Å². The number of carboxylic acids is 1. The molecule has 1 aliphatic rings. The van der Waals surface area contributed by atoms with E-state index in [0.29, 0.717) is 14.6 Å². The molecule has 0 bridgehead atoms. The summed E-state index contributed by atoms with van der Waals surface area (Å²) in [6, 6.07) is 3.19. The number of carbonyl (C=O) groups is 2. The molecular weight excluding hydrogens is 366 g/mol. The van der Waals surface area contributed by atoms with Gasteiger partial charge >= 0.3 is 5.97 Å². The van der Waals surface area contributed by atoms with Crippen molar-refractivity contribution in [3.63, 3.8) is 0 Å². The van der Waals surface area contributed by atoms with Gasteiger partial charge in [-0.15, -0.1) is 0 Å².